The lowest BCUT2D eigenvalue weighted by Gasteiger charge is -2.37. The predicted octanol–water partition coefficient (Wildman–Crippen LogP) is 1.34. The van der Waals surface area contributed by atoms with E-state index < -0.39 is 5.60 Å². The molecule has 3 N–H and O–H groups in total. The average molecular weight is 313 g/mol. The Bertz CT molecular complexity index is 370. The van der Waals surface area contributed by atoms with Crippen LogP contribution in [0.3, 0.4) is 0 Å². The van der Waals surface area contributed by atoms with Crippen LogP contribution in [0.1, 0.15) is 40.0 Å². The van der Waals surface area contributed by atoms with E-state index in [1.165, 1.54) is 19.3 Å². The summed E-state index contributed by atoms with van der Waals surface area (Å²) in [5.74, 6) is 0.555. The molecule has 1 aliphatic heterocycles. The van der Waals surface area contributed by atoms with Crippen LogP contribution >= 0.6 is 0 Å². The van der Waals surface area contributed by atoms with Crippen LogP contribution in [-0.4, -0.2) is 61.5 Å². The molecular formula is C16H31N3O3. The average Bonchev–Trinajstić information content (AvgIpc) is 2.91. The van der Waals surface area contributed by atoms with Crippen molar-refractivity contribution in [3.8, 4) is 0 Å². The maximum Gasteiger partial charge on any atom is 0.410 e. The Labute approximate surface area is 133 Å². The van der Waals surface area contributed by atoms with Gasteiger partial charge in [0.05, 0.1) is 19.3 Å². The topological polar surface area (TPSA) is 76.8 Å². The van der Waals surface area contributed by atoms with Crippen molar-refractivity contribution in [1.29, 1.82) is 0 Å². The molecule has 0 aromatic carbocycles. The van der Waals surface area contributed by atoms with E-state index in [2.05, 4.69) is 5.32 Å². The number of hydrogen-bond donors (Lipinski definition) is 2. The molecule has 1 saturated heterocycles. The predicted molar refractivity (Wildman–Crippen MR) is 85.7 cm³/mol. The van der Waals surface area contributed by atoms with Crippen LogP contribution < -0.4 is 11.1 Å². The van der Waals surface area contributed by atoms with E-state index in [1.54, 1.807) is 4.90 Å². The van der Waals surface area contributed by atoms with Gasteiger partial charge in [0, 0.05) is 19.1 Å². The minimum atomic E-state index is -0.469. The van der Waals surface area contributed by atoms with Crippen molar-refractivity contribution in [1.82, 2.24) is 10.2 Å². The van der Waals surface area contributed by atoms with Gasteiger partial charge in [-0.25, -0.2) is 4.79 Å². The molecule has 6 heteroatoms. The Morgan fingerprint density at radius 2 is 2.18 bits per heavy atom. The molecule has 3 unspecified atom stereocenters. The van der Waals surface area contributed by atoms with Crippen molar-refractivity contribution in [3.05, 3.63) is 0 Å². The first-order valence-electron chi connectivity index (χ1n) is 8.41. The summed E-state index contributed by atoms with van der Waals surface area (Å²) >= 11 is 0. The highest BCUT2D eigenvalue weighted by Crippen LogP contribution is 2.24. The Hall–Kier alpha value is -0.850. The molecule has 0 aromatic rings. The van der Waals surface area contributed by atoms with Gasteiger partial charge in [-0.15, -0.1) is 0 Å². The molecule has 2 aliphatic rings. The third kappa shape index (κ3) is 4.83. The fraction of sp³-hybridized carbons (Fsp3) is 0.938. The molecule has 3 atom stereocenters. The highest BCUT2D eigenvalue weighted by atomic mass is 16.6. The summed E-state index contributed by atoms with van der Waals surface area (Å²) in [5.41, 5.74) is 5.36. The number of nitrogens with zero attached hydrogens (tertiary/aromatic N) is 1. The first-order valence-corrected chi connectivity index (χ1v) is 8.41. The monoisotopic (exact) mass is 313 g/mol. The van der Waals surface area contributed by atoms with Gasteiger partial charge in [0.15, 0.2) is 0 Å². The van der Waals surface area contributed by atoms with Crippen molar-refractivity contribution in [2.75, 3.05) is 32.8 Å². The van der Waals surface area contributed by atoms with Crippen molar-refractivity contribution >= 4 is 6.09 Å². The van der Waals surface area contributed by atoms with Gasteiger partial charge in [0.1, 0.15) is 5.60 Å². The number of rotatable bonds is 4. The largest absolute Gasteiger partial charge is 0.444 e. The molecule has 1 amide bonds. The maximum absolute atomic E-state index is 12.3. The van der Waals surface area contributed by atoms with Crippen LogP contribution in [0.5, 0.6) is 0 Å². The number of amides is 1. The zero-order chi connectivity index (χ0) is 16.2. The molecule has 0 spiro atoms. The minimum absolute atomic E-state index is 0.0302. The molecule has 0 aromatic heterocycles. The fourth-order valence-corrected chi connectivity index (χ4v) is 3.26. The van der Waals surface area contributed by atoms with E-state index in [4.69, 9.17) is 15.2 Å². The molecule has 6 nitrogen and oxygen atoms in total. The molecule has 2 rings (SSSR count). The Kier molecular flexibility index (Phi) is 6.06. The van der Waals surface area contributed by atoms with Gasteiger partial charge in [-0.3, -0.25) is 4.90 Å². The van der Waals surface area contributed by atoms with E-state index in [9.17, 15) is 4.79 Å². The van der Waals surface area contributed by atoms with Gasteiger partial charge in [0.2, 0.25) is 0 Å². The third-order valence-electron chi connectivity index (χ3n) is 4.43. The first-order chi connectivity index (χ1) is 10.4. The van der Waals surface area contributed by atoms with E-state index in [-0.39, 0.29) is 12.1 Å². The van der Waals surface area contributed by atoms with Crippen LogP contribution in [0.15, 0.2) is 0 Å². The number of carbonyl (C=O) groups is 1. The second-order valence-corrected chi connectivity index (χ2v) is 7.34. The van der Waals surface area contributed by atoms with Gasteiger partial charge < -0.3 is 20.5 Å². The van der Waals surface area contributed by atoms with Crippen molar-refractivity contribution in [2.45, 2.75) is 57.7 Å². The number of morpholine rings is 1. The lowest BCUT2D eigenvalue weighted by molar-refractivity contribution is -0.0323. The van der Waals surface area contributed by atoms with Gasteiger partial charge >= 0.3 is 6.09 Å². The summed E-state index contributed by atoms with van der Waals surface area (Å²) in [4.78, 5) is 14.1. The summed E-state index contributed by atoms with van der Waals surface area (Å²) in [5, 5.41) is 3.59. The summed E-state index contributed by atoms with van der Waals surface area (Å²) in [6.07, 6.45) is 3.35. The van der Waals surface area contributed by atoms with Crippen molar-refractivity contribution in [2.24, 2.45) is 11.7 Å². The molecule has 1 saturated carbocycles. The fourth-order valence-electron chi connectivity index (χ4n) is 3.26. The molecule has 2 fully saturated rings. The maximum atomic E-state index is 12.3. The van der Waals surface area contributed by atoms with E-state index in [0.29, 0.717) is 31.7 Å². The Morgan fingerprint density at radius 1 is 1.41 bits per heavy atom. The van der Waals surface area contributed by atoms with Gasteiger partial charge in [-0.05, 0) is 46.1 Å². The summed E-state index contributed by atoms with van der Waals surface area (Å²) < 4.78 is 11.1. The molecule has 1 aliphatic carbocycles. The second kappa shape index (κ2) is 7.62. The minimum Gasteiger partial charge on any atom is -0.444 e. The zero-order valence-corrected chi connectivity index (χ0v) is 14.1. The number of ether oxygens (including phenoxy) is 2. The van der Waals surface area contributed by atoms with Crippen molar-refractivity contribution < 1.29 is 14.3 Å². The van der Waals surface area contributed by atoms with E-state index in [1.807, 2.05) is 20.8 Å². The Morgan fingerprint density at radius 3 is 2.86 bits per heavy atom. The Balaban J connectivity index is 1.88. The smallest absolute Gasteiger partial charge is 0.410 e. The molecular weight excluding hydrogens is 282 g/mol. The highest BCUT2D eigenvalue weighted by Gasteiger charge is 2.32. The van der Waals surface area contributed by atoms with E-state index >= 15 is 0 Å². The van der Waals surface area contributed by atoms with Crippen LogP contribution in [0.4, 0.5) is 4.79 Å². The summed E-state index contributed by atoms with van der Waals surface area (Å²) in [6, 6.07) is 0.495. The summed E-state index contributed by atoms with van der Waals surface area (Å²) in [7, 11) is 0. The van der Waals surface area contributed by atoms with Crippen LogP contribution in [0, 0.1) is 5.92 Å². The van der Waals surface area contributed by atoms with Crippen molar-refractivity contribution in [3.63, 3.8) is 0 Å². The number of nitrogens with one attached hydrogen (secondary N) is 1. The zero-order valence-electron chi connectivity index (χ0n) is 14.1. The quantitative estimate of drug-likeness (QED) is 0.819. The van der Waals surface area contributed by atoms with Gasteiger partial charge in [0.25, 0.3) is 0 Å². The molecule has 0 radical (unpaired) electrons. The van der Waals surface area contributed by atoms with Gasteiger partial charge in [-0.1, -0.05) is 6.42 Å². The number of carbonyl (C=O) groups excluding carboxylic acids is 1. The first kappa shape index (κ1) is 17.5. The third-order valence-corrected chi connectivity index (χ3v) is 4.43. The molecule has 128 valence electrons. The second-order valence-electron chi connectivity index (χ2n) is 7.34. The SMILES string of the molecule is CC(C)(C)OC(=O)N1CCOCC1CNC1CCCC1CN. The normalized spacial score (nSPS) is 29.6. The highest BCUT2D eigenvalue weighted by molar-refractivity contribution is 5.68. The molecule has 1 heterocycles. The summed E-state index contributed by atoms with van der Waals surface area (Å²) in [6.45, 7) is 8.87. The van der Waals surface area contributed by atoms with E-state index in [0.717, 1.165) is 13.1 Å². The molecule has 22 heavy (non-hydrogen) atoms. The number of nitrogens with two attached hydrogens (primary N) is 1. The van der Waals surface area contributed by atoms with Crippen LogP contribution in [0.2, 0.25) is 0 Å². The van der Waals surface area contributed by atoms with Crippen LogP contribution in [-0.2, 0) is 9.47 Å². The lowest BCUT2D eigenvalue weighted by Crippen LogP contribution is -2.55. The lowest BCUT2D eigenvalue weighted by atomic mass is 10.0. The number of hydrogen-bond acceptors (Lipinski definition) is 5. The molecule has 0 bridgehead atoms. The van der Waals surface area contributed by atoms with Gasteiger partial charge in [-0.2, -0.15) is 0 Å². The van der Waals surface area contributed by atoms with Crippen LogP contribution in [0.25, 0.3) is 0 Å². The standard InChI is InChI=1S/C16H31N3O3/c1-16(2,3)22-15(20)19-7-8-21-11-13(19)10-18-14-6-4-5-12(14)9-17/h12-14,18H,4-11,17H2,1-3H3.